The first kappa shape index (κ1) is 22.4. The molecule has 162 valence electrons. The highest BCUT2D eigenvalue weighted by Crippen LogP contribution is 2.35. The van der Waals surface area contributed by atoms with Crippen molar-refractivity contribution in [3.8, 4) is 0 Å². The molecule has 1 N–H and O–H groups in total. The number of anilines is 2. The molecule has 0 aromatic heterocycles. The Labute approximate surface area is 199 Å². The minimum absolute atomic E-state index is 0.121. The van der Waals surface area contributed by atoms with Gasteiger partial charge in [0, 0.05) is 27.0 Å². The second-order valence-electron chi connectivity index (χ2n) is 7.23. The van der Waals surface area contributed by atoms with Crippen LogP contribution in [0.1, 0.15) is 12.0 Å². The summed E-state index contributed by atoms with van der Waals surface area (Å²) in [5, 5.41) is 3.44. The summed E-state index contributed by atoms with van der Waals surface area (Å²) in [7, 11) is 0. The van der Waals surface area contributed by atoms with Gasteiger partial charge < -0.3 is 5.32 Å². The maximum Gasteiger partial charge on any atom is 0.247 e. The van der Waals surface area contributed by atoms with Gasteiger partial charge in [-0.3, -0.25) is 14.4 Å². The molecule has 0 unspecified atom stereocenters. The van der Waals surface area contributed by atoms with Gasteiger partial charge in [0.25, 0.3) is 0 Å². The molecule has 0 saturated carbocycles. The van der Waals surface area contributed by atoms with E-state index in [4.69, 9.17) is 23.2 Å². The highest BCUT2D eigenvalue weighted by molar-refractivity contribution is 8.00. The number of halogens is 2. The molecular weight excluding hydrogens is 467 g/mol. The van der Waals surface area contributed by atoms with Gasteiger partial charge in [-0.25, -0.2) is 4.90 Å². The van der Waals surface area contributed by atoms with Crippen molar-refractivity contribution in [3.63, 3.8) is 0 Å². The molecule has 8 heteroatoms. The number of hydrogen-bond acceptors (Lipinski definition) is 4. The number of carbonyl (C=O) groups excluding carboxylic acids is 3. The van der Waals surface area contributed by atoms with Gasteiger partial charge >= 0.3 is 0 Å². The van der Waals surface area contributed by atoms with Crippen LogP contribution >= 0.6 is 35.0 Å². The fourth-order valence-electron chi connectivity index (χ4n) is 3.36. The summed E-state index contributed by atoms with van der Waals surface area (Å²) in [6.07, 6.45) is 0.362. The third kappa shape index (κ3) is 5.33. The van der Waals surface area contributed by atoms with E-state index >= 15 is 0 Å². The van der Waals surface area contributed by atoms with Gasteiger partial charge in [0.05, 0.1) is 17.4 Å². The minimum atomic E-state index is -0.508. The summed E-state index contributed by atoms with van der Waals surface area (Å²) in [4.78, 5) is 39.5. The van der Waals surface area contributed by atoms with Gasteiger partial charge in [-0.2, -0.15) is 0 Å². The number of amides is 3. The summed E-state index contributed by atoms with van der Waals surface area (Å²) in [6, 6.07) is 21.0. The molecule has 1 aliphatic rings. The molecule has 4 rings (SSSR count). The molecule has 3 aromatic carbocycles. The number of benzene rings is 3. The van der Waals surface area contributed by atoms with Gasteiger partial charge in [0.2, 0.25) is 17.7 Å². The summed E-state index contributed by atoms with van der Waals surface area (Å²) in [5.74, 6) is -0.648. The van der Waals surface area contributed by atoms with E-state index in [1.165, 1.54) is 16.7 Å². The second kappa shape index (κ2) is 9.77. The van der Waals surface area contributed by atoms with Gasteiger partial charge in [-0.1, -0.05) is 41.4 Å². The van der Waals surface area contributed by atoms with Crippen LogP contribution in [0.25, 0.3) is 0 Å². The lowest BCUT2D eigenvalue weighted by Gasteiger charge is -2.15. The Morgan fingerprint density at radius 3 is 2.38 bits per heavy atom. The molecule has 1 saturated heterocycles. The average Bonchev–Trinajstić information content (AvgIpc) is 3.04. The summed E-state index contributed by atoms with van der Waals surface area (Å²) < 4.78 is 0. The molecular formula is C24H18Cl2N2O3S. The maximum atomic E-state index is 12.8. The number of carbonyl (C=O) groups is 3. The Balaban J connectivity index is 1.36. The highest BCUT2D eigenvalue weighted by atomic mass is 35.5. The van der Waals surface area contributed by atoms with Crippen LogP contribution in [-0.2, 0) is 20.8 Å². The quantitative estimate of drug-likeness (QED) is 0.462. The molecule has 0 spiro atoms. The van der Waals surface area contributed by atoms with Crippen molar-refractivity contribution in [3.05, 3.63) is 88.4 Å². The fourth-order valence-corrected chi connectivity index (χ4v) is 4.72. The van der Waals surface area contributed by atoms with E-state index < -0.39 is 5.25 Å². The summed E-state index contributed by atoms with van der Waals surface area (Å²) in [6.45, 7) is 0. The molecule has 0 bridgehead atoms. The average molecular weight is 485 g/mol. The van der Waals surface area contributed by atoms with Crippen LogP contribution in [0, 0.1) is 0 Å². The van der Waals surface area contributed by atoms with E-state index in [2.05, 4.69) is 5.32 Å². The molecule has 1 aliphatic heterocycles. The van der Waals surface area contributed by atoms with E-state index in [-0.39, 0.29) is 30.6 Å². The normalized spacial score (nSPS) is 15.8. The zero-order chi connectivity index (χ0) is 22.7. The monoisotopic (exact) mass is 484 g/mol. The largest absolute Gasteiger partial charge is 0.326 e. The maximum absolute atomic E-state index is 12.8. The summed E-state index contributed by atoms with van der Waals surface area (Å²) in [5.41, 5.74) is 2.00. The second-order valence-corrected chi connectivity index (χ2v) is 9.38. The number of nitrogens with one attached hydrogen (secondary N) is 1. The third-order valence-electron chi connectivity index (χ3n) is 4.87. The number of imide groups is 1. The molecule has 1 fully saturated rings. The van der Waals surface area contributed by atoms with Crippen LogP contribution < -0.4 is 10.2 Å². The highest BCUT2D eigenvalue weighted by Gasteiger charge is 2.40. The van der Waals surface area contributed by atoms with Crippen LogP contribution in [-0.4, -0.2) is 23.0 Å². The lowest BCUT2D eigenvalue weighted by Crippen LogP contribution is -2.31. The van der Waals surface area contributed by atoms with Crippen LogP contribution in [0.15, 0.2) is 77.7 Å². The van der Waals surface area contributed by atoms with Crippen molar-refractivity contribution in [2.75, 3.05) is 10.2 Å². The Bertz CT molecular complexity index is 1170. The first-order chi connectivity index (χ1) is 15.4. The topological polar surface area (TPSA) is 66.5 Å². The number of thioether (sulfide) groups is 1. The van der Waals surface area contributed by atoms with Crippen molar-refractivity contribution < 1.29 is 14.4 Å². The molecule has 0 radical (unpaired) electrons. The Hall–Kier alpha value is -2.80. The predicted octanol–water partition coefficient (Wildman–Crippen LogP) is 5.60. The third-order valence-corrected chi connectivity index (χ3v) is 6.55. The Morgan fingerprint density at radius 1 is 0.969 bits per heavy atom. The molecule has 0 aliphatic carbocycles. The predicted molar refractivity (Wildman–Crippen MR) is 128 cm³/mol. The molecule has 1 heterocycles. The van der Waals surface area contributed by atoms with E-state index in [9.17, 15) is 14.4 Å². The SMILES string of the molecule is O=C(Cc1ccc(Cl)cc1)Nc1ccc(S[C@@H]2CC(=O)N(c3cccc(Cl)c3)C2=O)cc1. The first-order valence-corrected chi connectivity index (χ1v) is 11.5. The van der Waals surface area contributed by atoms with Gasteiger partial charge in [-0.15, -0.1) is 11.8 Å². The van der Waals surface area contributed by atoms with E-state index in [0.29, 0.717) is 21.4 Å². The van der Waals surface area contributed by atoms with Gasteiger partial charge in [0.15, 0.2) is 0 Å². The Kier molecular flexibility index (Phi) is 6.84. The van der Waals surface area contributed by atoms with Crippen molar-refractivity contribution in [2.45, 2.75) is 23.0 Å². The Morgan fingerprint density at radius 2 is 1.69 bits per heavy atom. The smallest absolute Gasteiger partial charge is 0.247 e. The molecule has 3 aromatic rings. The zero-order valence-corrected chi connectivity index (χ0v) is 19.1. The van der Waals surface area contributed by atoms with E-state index in [1.807, 2.05) is 24.3 Å². The number of nitrogens with zero attached hydrogens (tertiary/aromatic N) is 1. The molecule has 1 atom stereocenters. The minimum Gasteiger partial charge on any atom is -0.326 e. The van der Waals surface area contributed by atoms with Crippen LogP contribution in [0.3, 0.4) is 0 Å². The lowest BCUT2D eigenvalue weighted by molar-refractivity contribution is -0.121. The number of hydrogen-bond donors (Lipinski definition) is 1. The van der Waals surface area contributed by atoms with Crippen LogP contribution in [0.4, 0.5) is 11.4 Å². The van der Waals surface area contributed by atoms with Crippen LogP contribution in [0.2, 0.25) is 10.0 Å². The number of rotatable bonds is 6. The molecule has 5 nitrogen and oxygen atoms in total. The standard InChI is InChI=1S/C24H18Cl2N2O3S/c25-16-6-4-15(5-7-16)12-22(29)27-18-8-10-20(11-9-18)32-21-14-23(30)28(24(21)31)19-3-1-2-17(26)13-19/h1-11,13,21H,12,14H2,(H,27,29)/t21-/m1/s1. The zero-order valence-electron chi connectivity index (χ0n) is 16.8. The van der Waals surface area contributed by atoms with E-state index in [1.54, 1.807) is 48.5 Å². The lowest BCUT2D eigenvalue weighted by atomic mass is 10.1. The van der Waals surface area contributed by atoms with Crippen molar-refractivity contribution in [2.24, 2.45) is 0 Å². The molecule has 32 heavy (non-hydrogen) atoms. The fraction of sp³-hybridized carbons (Fsp3) is 0.125. The van der Waals surface area contributed by atoms with E-state index in [0.717, 1.165) is 10.5 Å². The van der Waals surface area contributed by atoms with Crippen molar-refractivity contribution >= 4 is 64.1 Å². The van der Waals surface area contributed by atoms with Gasteiger partial charge in [0.1, 0.15) is 0 Å². The van der Waals surface area contributed by atoms with Crippen molar-refractivity contribution in [1.82, 2.24) is 0 Å². The van der Waals surface area contributed by atoms with Crippen molar-refractivity contribution in [1.29, 1.82) is 0 Å². The first-order valence-electron chi connectivity index (χ1n) is 9.82. The molecule has 3 amide bonds. The summed E-state index contributed by atoms with van der Waals surface area (Å²) >= 11 is 13.2. The van der Waals surface area contributed by atoms with Crippen LogP contribution in [0.5, 0.6) is 0 Å². The van der Waals surface area contributed by atoms with Gasteiger partial charge in [-0.05, 0) is 60.2 Å².